The van der Waals surface area contributed by atoms with E-state index in [0.717, 1.165) is 27.1 Å². The number of amides is 1. The molecule has 3 rings (SSSR count). The van der Waals surface area contributed by atoms with E-state index in [2.05, 4.69) is 10.6 Å². The average Bonchev–Trinajstić information content (AvgIpc) is 3.28. The van der Waals surface area contributed by atoms with Crippen molar-refractivity contribution in [1.29, 1.82) is 0 Å². The molecule has 7 nitrogen and oxygen atoms in total. The number of thiophene rings is 1. The summed E-state index contributed by atoms with van der Waals surface area (Å²) in [4.78, 5) is 29.0. The number of rotatable bonds is 10. The maximum atomic E-state index is 13.2. The third-order valence-electron chi connectivity index (χ3n) is 5.99. The fourth-order valence-corrected chi connectivity index (χ4v) is 5.29. The molecule has 1 aromatic carbocycles. The molecular weight excluding hydrogens is 496 g/mol. The molecule has 0 bridgehead atoms. The number of nitrogens with one attached hydrogen (secondary N) is 2. The van der Waals surface area contributed by atoms with Gasteiger partial charge in [0.1, 0.15) is 5.56 Å². The predicted octanol–water partition coefficient (Wildman–Crippen LogP) is 4.05. The van der Waals surface area contributed by atoms with Crippen LogP contribution in [-0.2, 0) is 20.1 Å². The Balaban J connectivity index is 1.75. The Kier molecular flexibility index (Phi) is 9.50. The molecule has 1 unspecified atom stereocenters. The van der Waals surface area contributed by atoms with Crippen LogP contribution >= 0.6 is 22.9 Å². The first kappa shape index (κ1) is 27.7. The summed E-state index contributed by atoms with van der Waals surface area (Å²) in [6.45, 7) is 5.21. The molecule has 36 heavy (non-hydrogen) atoms. The lowest BCUT2D eigenvalue weighted by Gasteiger charge is -2.22. The highest BCUT2D eigenvalue weighted by molar-refractivity contribution is 7.19. The number of hydrogen-bond acceptors (Lipinski definition) is 6. The van der Waals surface area contributed by atoms with Crippen LogP contribution in [0.3, 0.4) is 0 Å². The number of fused-ring (bicyclic) bond motifs is 1. The quantitative estimate of drug-likeness (QED) is 0.346. The van der Waals surface area contributed by atoms with E-state index in [1.165, 1.54) is 11.3 Å². The van der Waals surface area contributed by atoms with Crippen molar-refractivity contribution in [3.8, 4) is 0 Å². The van der Waals surface area contributed by atoms with Crippen molar-refractivity contribution >= 4 is 39.1 Å². The molecule has 0 aliphatic rings. The lowest BCUT2D eigenvalue weighted by molar-refractivity contribution is 0.0949. The Hall–Kier alpha value is -2.91. The first-order valence-electron chi connectivity index (χ1n) is 11.7. The normalized spacial score (nSPS) is 13.3. The summed E-state index contributed by atoms with van der Waals surface area (Å²) in [5.41, 5.74) is 3.36. The van der Waals surface area contributed by atoms with E-state index >= 15 is 0 Å². The average molecular weight is 529 g/mol. The largest absolute Gasteiger partial charge is 0.394 e. The summed E-state index contributed by atoms with van der Waals surface area (Å²) >= 11 is 7.30. The summed E-state index contributed by atoms with van der Waals surface area (Å²) in [7, 11) is 5.57. The number of nitrogens with zero attached hydrogens (tertiary/aromatic N) is 2. The number of benzene rings is 1. The van der Waals surface area contributed by atoms with Gasteiger partial charge in [-0.1, -0.05) is 29.8 Å². The zero-order valence-electron chi connectivity index (χ0n) is 21.3. The van der Waals surface area contributed by atoms with Crippen LogP contribution in [0.15, 0.2) is 64.7 Å². The summed E-state index contributed by atoms with van der Waals surface area (Å²) in [5.74, 6) is -0.411. The van der Waals surface area contributed by atoms with Crippen LogP contribution in [-0.4, -0.2) is 47.2 Å². The third-order valence-corrected chi connectivity index (χ3v) is 7.35. The minimum atomic E-state index is -0.657. The monoisotopic (exact) mass is 528 g/mol. The second-order valence-electron chi connectivity index (χ2n) is 8.79. The van der Waals surface area contributed by atoms with Crippen LogP contribution in [0.25, 0.3) is 10.2 Å². The molecular formula is C27H33ClN4O3S. The van der Waals surface area contributed by atoms with Gasteiger partial charge in [0.25, 0.3) is 5.91 Å². The van der Waals surface area contributed by atoms with Gasteiger partial charge < -0.3 is 20.3 Å². The molecule has 1 amide bonds. The second kappa shape index (κ2) is 12.4. The number of aliphatic hydroxyl groups excluding tert-OH is 1. The molecule has 3 aromatic rings. The van der Waals surface area contributed by atoms with E-state index in [0.29, 0.717) is 29.4 Å². The van der Waals surface area contributed by atoms with E-state index in [-0.39, 0.29) is 11.0 Å². The van der Waals surface area contributed by atoms with Gasteiger partial charge in [-0.15, -0.1) is 11.3 Å². The Labute approximate surface area is 220 Å². The maximum Gasteiger partial charge on any atom is 0.257 e. The van der Waals surface area contributed by atoms with Gasteiger partial charge in [-0.3, -0.25) is 14.5 Å². The smallest absolute Gasteiger partial charge is 0.257 e. The highest BCUT2D eigenvalue weighted by Crippen LogP contribution is 2.25. The molecule has 0 spiro atoms. The van der Waals surface area contributed by atoms with Crippen LogP contribution in [0.5, 0.6) is 0 Å². The van der Waals surface area contributed by atoms with Crippen molar-refractivity contribution in [2.24, 2.45) is 7.05 Å². The van der Waals surface area contributed by atoms with Gasteiger partial charge >= 0.3 is 0 Å². The van der Waals surface area contributed by atoms with E-state index in [9.17, 15) is 14.7 Å². The van der Waals surface area contributed by atoms with Crippen molar-refractivity contribution < 1.29 is 9.90 Å². The first-order chi connectivity index (χ1) is 17.1. The van der Waals surface area contributed by atoms with Gasteiger partial charge in [0, 0.05) is 56.0 Å². The predicted molar refractivity (Wildman–Crippen MR) is 149 cm³/mol. The van der Waals surface area contributed by atoms with E-state index in [4.69, 9.17) is 11.6 Å². The van der Waals surface area contributed by atoms with Crippen molar-refractivity contribution in [2.45, 2.75) is 33.0 Å². The van der Waals surface area contributed by atoms with Gasteiger partial charge in [0.05, 0.1) is 16.3 Å². The van der Waals surface area contributed by atoms with Crippen molar-refractivity contribution in [1.82, 2.24) is 20.1 Å². The van der Waals surface area contributed by atoms with Gasteiger partial charge in [0.15, 0.2) is 0 Å². The van der Waals surface area contributed by atoms with E-state index in [1.54, 1.807) is 18.3 Å². The SMILES string of the molecule is C/C=C(C)/C(=C\NC)C(O)CN(C)Cc1cc2c(s1)c(=O)c(C(=O)NCc1ccc(Cl)cc1)cn2C. The summed E-state index contributed by atoms with van der Waals surface area (Å²) < 4.78 is 2.35. The third kappa shape index (κ3) is 6.64. The number of allylic oxidation sites excluding steroid dienone is 1. The summed E-state index contributed by atoms with van der Waals surface area (Å²) in [5, 5.41) is 17.2. The van der Waals surface area contributed by atoms with Crippen LogP contribution in [0.1, 0.15) is 34.6 Å². The first-order valence-corrected chi connectivity index (χ1v) is 12.9. The molecule has 0 aliphatic carbocycles. The minimum absolute atomic E-state index is 0.111. The molecule has 0 aliphatic heterocycles. The molecule has 2 aromatic heterocycles. The van der Waals surface area contributed by atoms with Crippen LogP contribution < -0.4 is 16.1 Å². The lowest BCUT2D eigenvalue weighted by atomic mass is 10.0. The Bertz CT molecular complexity index is 1340. The van der Waals surface area contributed by atoms with E-state index < -0.39 is 12.0 Å². The van der Waals surface area contributed by atoms with Crippen molar-refractivity contribution in [3.05, 3.63) is 91.2 Å². The molecule has 3 N–H and O–H groups in total. The number of aliphatic hydroxyl groups is 1. The maximum absolute atomic E-state index is 13.2. The molecule has 192 valence electrons. The topological polar surface area (TPSA) is 86.6 Å². The molecule has 1 atom stereocenters. The molecule has 2 heterocycles. The molecule has 0 saturated carbocycles. The summed E-state index contributed by atoms with van der Waals surface area (Å²) in [6, 6.07) is 9.16. The van der Waals surface area contributed by atoms with Crippen molar-refractivity contribution in [2.75, 3.05) is 20.6 Å². The summed E-state index contributed by atoms with van der Waals surface area (Å²) in [6.07, 6.45) is 4.71. The minimum Gasteiger partial charge on any atom is -0.394 e. The molecule has 0 saturated heterocycles. The van der Waals surface area contributed by atoms with Crippen LogP contribution in [0.2, 0.25) is 5.02 Å². The molecule has 0 fully saturated rings. The Morgan fingerprint density at radius 2 is 2.00 bits per heavy atom. The number of likely N-dealkylation sites (N-methyl/N-ethyl adjacent to an activating group) is 1. The standard InChI is InChI=1S/C27H33ClN4O3S/c1-6-17(2)21(13-29-3)24(33)16-31(4)14-20-11-23-26(36-20)25(34)22(15-32(23)5)27(35)30-12-18-7-9-19(28)10-8-18/h6-11,13,15,24,29,33H,12,14,16H2,1-5H3,(H,30,35)/b17-6+,21-13+. The number of carbonyl (C=O) groups is 1. The highest BCUT2D eigenvalue weighted by Gasteiger charge is 2.19. The van der Waals surface area contributed by atoms with Gasteiger partial charge in [-0.25, -0.2) is 0 Å². The fraction of sp³-hybridized carbons (Fsp3) is 0.333. The number of pyridine rings is 1. The number of aryl methyl sites for hydroxylation is 1. The van der Waals surface area contributed by atoms with Gasteiger partial charge in [0.2, 0.25) is 5.43 Å². The Morgan fingerprint density at radius 1 is 1.31 bits per heavy atom. The number of hydrogen-bond donors (Lipinski definition) is 3. The number of halogens is 1. The van der Waals surface area contributed by atoms with Gasteiger partial charge in [-0.05, 0) is 55.8 Å². The fourth-order valence-electron chi connectivity index (χ4n) is 3.94. The zero-order chi connectivity index (χ0) is 26.4. The zero-order valence-corrected chi connectivity index (χ0v) is 22.8. The van der Waals surface area contributed by atoms with Crippen molar-refractivity contribution in [3.63, 3.8) is 0 Å². The second-order valence-corrected chi connectivity index (χ2v) is 10.4. The number of aromatic nitrogens is 1. The Morgan fingerprint density at radius 3 is 2.64 bits per heavy atom. The van der Waals surface area contributed by atoms with E-state index in [1.807, 2.05) is 74.9 Å². The molecule has 0 radical (unpaired) electrons. The highest BCUT2D eigenvalue weighted by atomic mass is 35.5. The lowest BCUT2D eigenvalue weighted by Crippen LogP contribution is -2.30. The number of carbonyl (C=O) groups excluding carboxylic acids is 1. The van der Waals surface area contributed by atoms with Crippen LogP contribution in [0.4, 0.5) is 0 Å². The van der Waals surface area contributed by atoms with Crippen LogP contribution in [0, 0.1) is 0 Å². The van der Waals surface area contributed by atoms with Gasteiger partial charge in [-0.2, -0.15) is 0 Å². The molecule has 9 heteroatoms.